The lowest BCUT2D eigenvalue weighted by Gasteiger charge is -2.20. The van der Waals surface area contributed by atoms with E-state index in [1.54, 1.807) is 6.92 Å². The molecule has 0 aliphatic rings. The molecule has 0 radical (unpaired) electrons. The van der Waals surface area contributed by atoms with Crippen LogP contribution in [0.15, 0.2) is 23.4 Å². The van der Waals surface area contributed by atoms with Crippen LogP contribution in [0.4, 0.5) is 4.39 Å². The van der Waals surface area contributed by atoms with Crippen molar-refractivity contribution < 1.29 is 14.4 Å². The second kappa shape index (κ2) is 6.94. The fourth-order valence-electron chi connectivity index (χ4n) is 1.53. The summed E-state index contributed by atoms with van der Waals surface area (Å²) in [5.41, 5.74) is 5.25. The molecule has 1 amide bonds. The molecule has 1 rings (SSSR count). The van der Waals surface area contributed by atoms with E-state index in [1.165, 1.54) is 17.0 Å². The molecular formula is C12H15ClFN3O2. The maximum Gasteiger partial charge on any atom is 0.256 e. The molecule has 0 aliphatic carbocycles. The number of hydrogen-bond donors (Lipinski definition) is 2. The Morgan fingerprint density at radius 1 is 1.58 bits per heavy atom. The minimum absolute atomic E-state index is 0.0119. The summed E-state index contributed by atoms with van der Waals surface area (Å²) in [6.45, 7) is 2.37. The first-order chi connectivity index (χ1) is 8.99. The van der Waals surface area contributed by atoms with Gasteiger partial charge in [-0.05, 0) is 25.1 Å². The molecule has 0 aromatic heterocycles. The normalized spacial score (nSPS) is 11.4. The Labute approximate surface area is 115 Å². The van der Waals surface area contributed by atoms with Gasteiger partial charge in [-0.3, -0.25) is 4.79 Å². The predicted molar refractivity (Wildman–Crippen MR) is 71.0 cm³/mol. The number of hydrogen-bond acceptors (Lipinski definition) is 3. The van der Waals surface area contributed by atoms with Crippen LogP contribution in [-0.2, 0) is 0 Å². The van der Waals surface area contributed by atoms with Crippen molar-refractivity contribution >= 4 is 23.3 Å². The van der Waals surface area contributed by atoms with E-state index in [1.807, 2.05) is 0 Å². The third-order valence-corrected chi connectivity index (χ3v) is 2.83. The van der Waals surface area contributed by atoms with E-state index < -0.39 is 11.7 Å². The minimum atomic E-state index is -0.628. The number of amides is 1. The Hall–Kier alpha value is -1.82. The van der Waals surface area contributed by atoms with Crippen LogP contribution in [-0.4, -0.2) is 34.9 Å². The fraction of sp³-hybridized carbons (Fsp3) is 0.333. The lowest BCUT2D eigenvalue weighted by Crippen LogP contribution is -2.34. The molecule has 0 aliphatic heterocycles. The van der Waals surface area contributed by atoms with Gasteiger partial charge >= 0.3 is 0 Å². The van der Waals surface area contributed by atoms with Gasteiger partial charge in [-0.25, -0.2) is 4.39 Å². The smallest absolute Gasteiger partial charge is 0.256 e. The van der Waals surface area contributed by atoms with Crippen molar-refractivity contribution in [2.45, 2.75) is 13.3 Å². The first-order valence-corrected chi connectivity index (χ1v) is 6.08. The molecule has 7 heteroatoms. The monoisotopic (exact) mass is 287 g/mol. The van der Waals surface area contributed by atoms with Gasteiger partial charge in [0.05, 0.1) is 5.56 Å². The largest absolute Gasteiger partial charge is 0.409 e. The predicted octanol–water partition coefficient (Wildman–Crippen LogP) is 2.08. The van der Waals surface area contributed by atoms with E-state index in [0.29, 0.717) is 6.54 Å². The molecule has 0 atom stereocenters. The molecule has 0 saturated heterocycles. The highest BCUT2D eigenvalue weighted by molar-refractivity contribution is 6.31. The van der Waals surface area contributed by atoms with Crippen molar-refractivity contribution in [1.29, 1.82) is 0 Å². The summed E-state index contributed by atoms with van der Waals surface area (Å²) in [7, 11) is 0. The van der Waals surface area contributed by atoms with Crippen molar-refractivity contribution in [2.24, 2.45) is 10.9 Å². The van der Waals surface area contributed by atoms with E-state index in [2.05, 4.69) is 5.16 Å². The third-order valence-electron chi connectivity index (χ3n) is 2.59. The number of carbonyl (C=O) groups excluding carboxylic acids is 1. The Kier molecular flexibility index (Phi) is 5.57. The number of carbonyl (C=O) groups is 1. The first-order valence-electron chi connectivity index (χ1n) is 5.70. The quantitative estimate of drug-likeness (QED) is 0.377. The molecule has 0 saturated carbocycles. The molecule has 1 aromatic carbocycles. The molecule has 0 unspecified atom stereocenters. The number of oxime groups is 1. The van der Waals surface area contributed by atoms with Crippen molar-refractivity contribution in [2.75, 3.05) is 13.1 Å². The van der Waals surface area contributed by atoms with Gasteiger partial charge in [0.1, 0.15) is 11.7 Å². The van der Waals surface area contributed by atoms with Gasteiger partial charge in [0.15, 0.2) is 0 Å². The zero-order chi connectivity index (χ0) is 14.4. The summed E-state index contributed by atoms with van der Waals surface area (Å²) in [4.78, 5) is 13.5. The molecule has 0 fully saturated rings. The molecule has 0 bridgehead atoms. The molecule has 104 valence electrons. The van der Waals surface area contributed by atoms with Crippen molar-refractivity contribution in [3.8, 4) is 0 Å². The van der Waals surface area contributed by atoms with Crippen molar-refractivity contribution in [3.05, 3.63) is 34.6 Å². The van der Waals surface area contributed by atoms with E-state index in [0.717, 1.165) is 6.07 Å². The maximum atomic E-state index is 13.6. The Morgan fingerprint density at radius 2 is 2.26 bits per heavy atom. The SMILES string of the molecule is CCN(CC/C(N)=N/O)C(=O)c1cc(Cl)ccc1F. The highest BCUT2D eigenvalue weighted by Gasteiger charge is 2.18. The highest BCUT2D eigenvalue weighted by Crippen LogP contribution is 2.16. The zero-order valence-electron chi connectivity index (χ0n) is 10.4. The van der Waals surface area contributed by atoms with E-state index in [4.69, 9.17) is 22.5 Å². The van der Waals surface area contributed by atoms with E-state index in [9.17, 15) is 9.18 Å². The number of nitrogens with zero attached hydrogens (tertiary/aromatic N) is 2. The van der Waals surface area contributed by atoms with E-state index >= 15 is 0 Å². The highest BCUT2D eigenvalue weighted by atomic mass is 35.5. The van der Waals surface area contributed by atoms with E-state index in [-0.39, 0.29) is 29.4 Å². The van der Waals surface area contributed by atoms with Crippen LogP contribution >= 0.6 is 11.6 Å². The first kappa shape index (κ1) is 15.2. The molecular weight excluding hydrogens is 273 g/mol. The van der Waals surface area contributed by atoms with Crippen LogP contribution in [0.25, 0.3) is 0 Å². The van der Waals surface area contributed by atoms with Gasteiger partial charge in [-0.2, -0.15) is 0 Å². The lowest BCUT2D eigenvalue weighted by molar-refractivity contribution is 0.0763. The second-order valence-corrected chi connectivity index (χ2v) is 4.29. The average molecular weight is 288 g/mol. The summed E-state index contributed by atoms with van der Waals surface area (Å²) in [6.07, 6.45) is 0.207. The van der Waals surface area contributed by atoms with Crippen LogP contribution in [0.1, 0.15) is 23.7 Å². The number of benzene rings is 1. The minimum Gasteiger partial charge on any atom is -0.409 e. The number of amidine groups is 1. The second-order valence-electron chi connectivity index (χ2n) is 3.85. The fourth-order valence-corrected chi connectivity index (χ4v) is 1.71. The molecule has 19 heavy (non-hydrogen) atoms. The zero-order valence-corrected chi connectivity index (χ0v) is 11.2. The van der Waals surface area contributed by atoms with Gasteiger partial charge < -0.3 is 15.8 Å². The number of rotatable bonds is 5. The summed E-state index contributed by atoms with van der Waals surface area (Å²) >= 11 is 5.75. The van der Waals surface area contributed by atoms with Gasteiger partial charge in [-0.1, -0.05) is 16.8 Å². The molecule has 0 heterocycles. The summed E-state index contributed by atoms with van der Waals surface area (Å²) < 4.78 is 13.6. The summed E-state index contributed by atoms with van der Waals surface area (Å²) in [6, 6.07) is 3.80. The maximum absolute atomic E-state index is 13.6. The van der Waals surface area contributed by atoms with Gasteiger partial charge in [-0.15, -0.1) is 0 Å². The van der Waals surface area contributed by atoms with Crippen LogP contribution in [0.5, 0.6) is 0 Å². The molecule has 3 N–H and O–H groups in total. The van der Waals surface area contributed by atoms with Crippen molar-refractivity contribution in [1.82, 2.24) is 4.90 Å². The van der Waals surface area contributed by atoms with Gasteiger partial charge in [0, 0.05) is 24.5 Å². The van der Waals surface area contributed by atoms with Gasteiger partial charge in [0.25, 0.3) is 5.91 Å². The van der Waals surface area contributed by atoms with Crippen LogP contribution < -0.4 is 5.73 Å². The molecule has 1 aromatic rings. The summed E-state index contributed by atoms with van der Waals surface area (Å²) in [5.74, 6) is -1.09. The van der Waals surface area contributed by atoms with Crippen molar-refractivity contribution in [3.63, 3.8) is 0 Å². The summed E-state index contributed by atoms with van der Waals surface area (Å²) in [5, 5.41) is 11.5. The molecule has 5 nitrogen and oxygen atoms in total. The molecule has 0 spiro atoms. The average Bonchev–Trinajstić information content (AvgIpc) is 2.41. The standard InChI is InChI=1S/C12H15ClFN3O2/c1-2-17(6-5-11(15)16-19)12(18)9-7-8(13)3-4-10(9)14/h3-4,7,19H,2,5-6H2,1H3,(H2,15,16). The van der Waals surface area contributed by atoms with Crippen LogP contribution in [0, 0.1) is 5.82 Å². The number of nitrogens with two attached hydrogens (primary N) is 1. The topological polar surface area (TPSA) is 78.9 Å². The van der Waals surface area contributed by atoms with Crippen LogP contribution in [0.2, 0.25) is 5.02 Å². The Morgan fingerprint density at radius 3 is 2.84 bits per heavy atom. The Balaban J connectivity index is 2.86. The number of halogens is 2. The lowest BCUT2D eigenvalue weighted by atomic mass is 10.1. The van der Waals surface area contributed by atoms with Crippen LogP contribution in [0.3, 0.4) is 0 Å². The Bertz CT molecular complexity index is 494. The van der Waals surface area contributed by atoms with Gasteiger partial charge in [0.2, 0.25) is 0 Å². The third kappa shape index (κ3) is 4.10.